The smallest absolute Gasteiger partial charge is 0.330 e. The second-order valence-electron chi connectivity index (χ2n) is 4.31. The summed E-state index contributed by atoms with van der Waals surface area (Å²) in [6.07, 6.45) is -5.16. The van der Waals surface area contributed by atoms with Crippen LogP contribution in [0.3, 0.4) is 0 Å². The third-order valence-electron chi connectivity index (χ3n) is 2.98. The number of nitrogens with one attached hydrogen (secondary N) is 1. The summed E-state index contributed by atoms with van der Waals surface area (Å²) in [6.45, 7) is 0.406. The molecule has 3 N–H and O–H groups in total. The number of H-pyrrole nitrogens is 1. The van der Waals surface area contributed by atoms with Gasteiger partial charge in [-0.2, -0.15) is 0 Å². The Kier molecular flexibility index (Phi) is 3.29. The first-order valence-electron chi connectivity index (χ1n) is 5.42. The first kappa shape index (κ1) is 13.8. The van der Waals surface area contributed by atoms with Gasteiger partial charge in [0.15, 0.2) is 6.23 Å². The van der Waals surface area contributed by atoms with Gasteiger partial charge in [-0.15, -0.1) is 0 Å². The van der Waals surface area contributed by atoms with Gasteiger partial charge in [-0.1, -0.05) is 0 Å². The quantitative estimate of drug-likeness (QED) is 0.625. The van der Waals surface area contributed by atoms with Crippen molar-refractivity contribution >= 4 is 0 Å². The number of halogens is 2. The number of hydrogen-bond acceptors (Lipinski definition) is 5. The number of aliphatic hydroxyl groups is 2. The molecule has 2 heterocycles. The molecule has 106 valence electrons. The van der Waals surface area contributed by atoms with Crippen molar-refractivity contribution in [1.29, 1.82) is 0 Å². The van der Waals surface area contributed by atoms with Crippen LogP contribution in [0.25, 0.3) is 0 Å². The molecule has 7 nitrogen and oxygen atoms in total. The molecular formula is C10H12F2N2O5. The first-order valence-corrected chi connectivity index (χ1v) is 5.42. The fraction of sp³-hybridized carbons (Fsp3) is 0.600. The molecule has 0 bridgehead atoms. The average Bonchev–Trinajstić information content (AvgIpc) is 2.56. The van der Waals surface area contributed by atoms with E-state index in [1.807, 2.05) is 4.98 Å². The number of ether oxygens (including phenoxy) is 1. The van der Waals surface area contributed by atoms with E-state index in [1.54, 1.807) is 0 Å². The minimum atomic E-state index is -3.41. The van der Waals surface area contributed by atoms with E-state index in [1.165, 1.54) is 6.92 Å². The van der Waals surface area contributed by atoms with Gasteiger partial charge in [-0.25, -0.2) is 13.6 Å². The summed E-state index contributed by atoms with van der Waals surface area (Å²) < 4.78 is 32.8. The number of aromatic amines is 1. The molecular weight excluding hydrogens is 266 g/mol. The highest BCUT2D eigenvalue weighted by Crippen LogP contribution is 2.39. The van der Waals surface area contributed by atoms with Crippen molar-refractivity contribution in [3.05, 3.63) is 32.6 Å². The second kappa shape index (κ2) is 4.51. The zero-order chi connectivity index (χ0) is 14.4. The van der Waals surface area contributed by atoms with E-state index in [0.717, 1.165) is 6.20 Å². The Balaban J connectivity index is 2.47. The standard InChI is InChI=1S/C10H12F2N2O5/c1-4-2-14(9(17)13-7(4)16)8-6(11)10(12,18)5(3-15)19-8/h2,5-6,8,15,18H,3H2,1H3,(H,13,16,17)/t5-,6?,8-,10-/m1/s1. The minimum absolute atomic E-state index is 0.0882. The predicted octanol–water partition coefficient (Wildman–Crippen LogP) is -1.27. The Bertz CT molecular complexity index is 596. The summed E-state index contributed by atoms with van der Waals surface area (Å²) >= 11 is 0. The van der Waals surface area contributed by atoms with Crippen LogP contribution in [-0.2, 0) is 4.74 Å². The summed E-state index contributed by atoms with van der Waals surface area (Å²) in [4.78, 5) is 24.6. The zero-order valence-electron chi connectivity index (χ0n) is 9.84. The van der Waals surface area contributed by atoms with Crippen molar-refractivity contribution in [2.24, 2.45) is 0 Å². The maximum Gasteiger partial charge on any atom is 0.330 e. The van der Waals surface area contributed by atoms with Gasteiger partial charge in [0.05, 0.1) is 6.61 Å². The maximum atomic E-state index is 13.8. The Labute approximate surface area is 105 Å². The highest BCUT2D eigenvalue weighted by atomic mass is 19.2. The Morgan fingerprint density at radius 2 is 2.21 bits per heavy atom. The van der Waals surface area contributed by atoms with Crippen LogP contribution in [0.5, 0.6) is 0 Å². The van der Waals surface area contributed by atoms with Gasteiger partial charge in [0.1, 0.15) is 6.10 Å². The number of aliphatic hydroxyl groups excluding tert-OH is 1. The Hall–Kier alpha value is -1.58. The molecule has 1 aromatic rings. The largest absolute Gasteiger partial charge is 0.393 e. The van der Waals surface area contributed by atoms with Crippen molar-refractivity contribution in [3.8, 4) is 0 Å². The van der Waals surface area contributed by atoms with E-state index in [9.17, 15) is 23.5 Å². The highest BCUT2D eigenvalue weighted by molar-refractivity contribution is 5.04. The van der Waals surface area contributed by atoms with Crippen molar-refractivity contribution in [1.82, 2.24) is 9.55 Å². The van der Waals surface area contributed by atoms with E-state index in [4.69, 9.17) is 9.84 Å². The molecule has 1 aliphatic heterocycles. The summed E-state index contributed by atoms with van der Waals surface area (Å²) in [5.41, 5.74) is -1.58. The van der Waals surface area contributed by atoms with Crippen molar-refractivity contribution in [3.63, 3.8) is 0 Å². The Morgan fingerprint density at radius 1 is 1.58 bits per heavy atom. The highest BCUT2D eigenvalue weighted by Gasteiger charge is 2.58. The molecule has 9 heteroatoms. The van der Waals surface area contributed by atoms with Crippen LogP contribution >= 0.6 is 0 Å². The van der Waals surface area contributed by atoms with Crippen LogP contribution in [0.4, 0.5) is 8.78 Å². The third-order valence-corrected chi connectivity index (χ3v) is 2.98. The van der Waals surface area contributed by atoms with Gasteiger partial charge in [0.2, 0.25) is 6.17 Å². The SMILES string of the molecule is Cc1cn([C@@H]2O[C@H](CO)[C@](O)(F)C2F)c(=O)[nH]c1=O. The monoisotopic (exact) mass is 278 g/mol. The third kappa shape index (κ3) is 2.09. The van der Waals surface area contributed by atoms with Gasteiger partial charge in [-0.05, 0) is 6.92 Å². The van der Waals surface area contributed by atoms with E-state index in [-0.39, 0.29) is 5.56 Å². The lowest BCUT2D eigenvalue weighted by atomic mass is 10.1. The van der Waals surface area contributed by atoms with E-state index >= 15 is 0 Å². The maximum absolute atomic E-state index is 13.8. The van der Waals surface area contributed by atoms with Crippen LogP contribution in [0, 0.1) is 6.92 Å². The lowest BCUT2D eigenvalue weighted by molar-refractivity contribution is -0.167. The summed E-state index contributed by atoms with van der Waals surface area (Å²) in [5, 5.41) is 18.1. The van der Waals surface area contributed by atoms with Gasteiger partial charge in [0.25, 0.3) is 11.4 Å². The Morgan fingerprint density at radius 3 is 2.74 bits per heavy atom. The molecule has 0 amide bonds. The number of alkyl halides is 2. The molecule has 0 aromatic carbocycles. The van der Waals surface area contributed by atoms with Crippen molar-refractivity contribution < 1.29 is 23.7 Å². The van der Waals surface area contributed by atoms with Crippen LogP contribution < -0.4 is 11.2 Å². The summed E-state index contributed by atoms with van der Waals surface area (Å²) in [7, 11) is 0. The average molecular weight is 278 g/mol. The summed E-state index contributed by atoms with van der Waals surface area (Å²) in [5.74, 6) is -3.41. The zero-order valence-corrected chi connectivity index (χ0v) is 9.84. The second-order valence-corrected chi connectivity index (χ2v) is 4.31. The summed E-state index contributed by atoms with van der Waals surface area (Å²) in [6, 6.07) is 0. The fourth-order valence-electron chi connectivity index (χ4n) is 1.86. The van der Waals surface area contributed by atoms with E-state index < -0.39 is 42.2 Å². The molecule has 0 aliphatic carbocycles. The first-order chi connectivity index (χ1) is 8.78. The molecule has 2 rings (SSSR count). The molecule has 0 spiro atoms. The minimum Gasteiger partial charge on any atom is -0.393 e. The molecule has 19 heavy (non-hydrogen) atoms. The normalized spacial score (nSPS) is 34.7. The molecule has 0 saturated carbocycles. The van der Waals surface area contributed by atoms with Gasteiger partial charge >= 0.3 is 5.69 Å². The van der Waals surface area contributed by atoms with Crippen molar-refractivity contribution in [2.45, 2.75) is 31.3 Å². The number of rotatable bonds is 2. The van der Waals surface area contributed by atoms with Gasteiger partial charge in [-0.3, -0.25) is 14.3 Å². The topological polar surface area (TPSA) is 105 Å². The van der Waals surface area contributed by atoms with Gasteiger partial charge < -0.3 is 14.9 Å². The molecule has 0 radical (unpaired) electrons. The van der Waals surface area contributed by atoms with Crippen LogP contribution in [0.2, 0.25) is 0 Å². The number of aromatic nitrogens is 2. The van der Waals surface area contributed by atoms with Crippen LogP contribution in [-0.4, -0.2) is 44.5 Å². The molecule has 1 fully saturated rings. The lowest BCUT2D eigenvalue weighted by Crippen LogP contribution is -2.43. The van der Waals surface area contributed by atoms with Crippen molar-refractivity contribution in [2.75, 3.05) is 6.61 Å². The molecule has 1 aromatic heterocycles. The van der Waals surface area contributed by atoms with Crippen LogP contribution in [0.15, 0.2) is 15.8 Å². The predicted molar refractivity (Wildman–Crippen MR) is 58.0 cm³/mol. The van der Waals surface area contributed by atoms with Gasteiger partial charge in [0, 0.05) is 11.8 Å². The molecule has 4 atom stereocenters. The van der Waals surface area contributed by atoms with E-state index in [2.05, 4.69) is 0 Å². The molecule has 1 unspecified atom stereocenters. The fourth-order valence-corrected chi connectivity index (χ4v) is 1.86. The molecule has 1 aliphatic rings. The number of hydrogen-bond donors (Lipinski definition) is 3. The van der Waals surface area contributed by atoms with Crippen LogP contribution in [0.1, 0.15) is 11.8 Å². The van der Waals surface area contributed by atoms with E-state index in [0.29, 0.717) is 4.57 Å². The molecule has 1 saturated heterocycles. The lowest BCUT2D eigenvalue weighted by Gasteiger charge is -2.19. The number of aryl methyl sites for hydroxylation is 1. The number of nitrogens with zero attached hydrogens (tertiary/aromatic N) is 1.